The Hall–Kier alpha value is -4.66. The van der Waals surface area contributed by atoms with Crippen LogP contribution in [0.1, 0.15) is 60.5 Å². The maximum absolute atomic E-state index is 14.5. The highest BCUT2D eigenvalue weighted by Crippen LogP contribution is 2.31. The summed E-state index contributed by atoms with van der Waals surface area (Å²) < 4.78 is 12.4. The van der Waals surface area contributed by atoms with Crippen LogP contribution in [-0.2, 0) is 11.2 Å². The Morgan fingerprint density at radius 2 is 1.46 bits per heavy atom. The zero-order valence-corrected chi connectivity index (χ0v) is 24.3. The van der Waals surface area contributed by atoms with E-state index < -0.39 is 11.9 Å². The van der Waals surface area contributed by atoms with Gasteiger partial charge >= 0.3 is 0 Å². The van der Waals surface area contributed by atoms with E-state index in [1.807, 2.05) is 55.5 Å². The molecule has 0 aliphatic carbocycles. The van der Waals surface area contributed by atoms with Gasteiger partial charge in [0, 0.05) is 19.4 Å². The number of fused-ring (bicyclic) bond motifs is 1. The first-order valence-corrected chi connectivity index (χ1v) is 13.6. The molecule has 3 aromatic carbocycles. The molecule has 41 heavy (non-hydrogen) atoms. The summed E-state index contributed by atoms with van der Waals surface area (Å²) in [5.41, 5.74) is 8.30. The average molecular weight is 557 g/mol. The van der Waals surface area contributed by atoms with Crippen molar-refractivity contribution in [1.82, 2.24) is 14.5 Å². The number of aromatic nitrogens is 2. The van der Waals surface area contributed by atoms with Crippen molar-refractivity contribution in [2.45, 2.75) is 39.7 Å². The monoisotopic (exact) mass is 556 g/mol. The van der Waals surface area contributed by atoms with Gasteiger partial charge in [0.2, 0.25) is 5.91 Å². The Morgan fingerprint density at radius 1 is 0.927 bits per heavy atom. The summed E-state index contributed by atoms with van der Waals surface area (Å²) in [6.07, 6.45) is 1.30. The zero-order chi connectivity index (χ0) is 29.8. The van der Waals surface area contributed by atoms with Crippen LogP contribution in [0.3, 0.4) is 0 Å². The molecule has 0 aliphatic rings. The predicted octanol–water partition coefficient (Wildman–Crippen LogP) is 4.84. The molecule has 0 atom stereocenters. The van der Waals surface area contributed by atoms with Crippen molar-refractivity contribution in [3.63, 3.8) is 0 Å². The summed E-state index contributed by atoms with van der Waals surface area (Å²) in [5, 5.41) is 0.133. The summed E-state index contributed by atoms with van der Waals surface area (Å²) in [4.78, 5) is 46.2. The molecule has 0 radical (unpaired) electrons. The Morgan fingerprint density at radius 3 is 1.93 bits per heavy atom. The molecule has 0 saturated carbocycles. The van der Waals surface area contributed by atoms with Crippen LogP contribution < -0.4 is 20.8 Å². The Balaban J connectivity index is 2.01. The number of aryl methyl sites for hydroxylation is 1. The number of anilines is 1. The number of rotatable bonds is 9. The summed E-state index contributed by atoms with van der Waals surface area (Å²) in [6.45, 7) is 5.45. The van der Waals surface area contributed by atoms with Gasteiger partial charge in [-0.3, -0.25) is 23.9 Å². The quantitative estimate of drug-likeness (QED) is 0.293. The van der Waals surface area contributed by atoms with Crippen molar-refractivity contribution in [3.05, 3.63) is 93.5 Å². The van der Waals surface area contributed by atoms with Crippen molar-refractivity contribution in [3.8, 4) is 11.5 Å². The molecule has 1 heterocycles. The molecule has 0 bridgehead atoms. The van der Waals surface area contributed by atoms with Gasteiger partial charge < -0.3 is 15.2 Å². The number of carbonyl (C=O) groups is 2. The molecule has 9 nitrogen and oxygen atoms in total. The maximum atomic E-state index is 14.5. The molecule has 0 aliphatic heterocycles. The van der Waals surface area contributed by atoms with Gasteiger partial charge in [-0.05, 0) is 53.9 Å². The van der Waals surface area contributed by atoms with Crippen LogP contribution in [0, 0.1) is 5.92 Å². The third kappa shape index (κ3) is 5.66. The lowest BCUT2D eigenvalue weighted by atomic mass is 9.97. The highest BCUT2D eigenvalue weighted by molar-refractivity contribution is 6.11. The molecular weight excluding hydrogens is 520 g/mol. The number of hydrogen-bond donors (Lipinski definition) is 1. The lowest BCUT2D eigenvalue weighted by Gasteiger charge is -2.25. The van der Waals surface area contributed by atoms with Crippen LogP contribution in [0.25, 0.3) is 10.9 Å². The van der Waals surface area contributed by atoms with Gasteiger partial charge in [-0.2, -0.15) is 0 Å². The van der Waals surface area contributed by atoms with Crippen molar-refractivity contribution in [2.75, 3.05) is 27.0 Å². The third-order valence-corrected chi connectivity index (χ3v) is 7.14. The number of imide groups is 1. The minimum absolute atomic E-state index is 0.00610. The standard InChI is InChI=1S/C32H36N4O5/c1-7-8-26-34-25-18-17-24(31(38)35(4)30(37)19(2)3)28(33)27(25)32(39)36(26)29(20-9-13-22(40-5)14-10-20)21-11-15-23(41-6)16-12-21/h9-19,29H,7-8,33H2,1-6H3. The van der Waals surface area contributed by atoms with E-state index in [-0.39, 0.29) is 34.0 Å². The van der Waals surface area contributed by atoms with Crippen LogP contribution in [0.15, 0.2) is 65.5 Å². The van der Waals surface area contributed by atoms with E-state index in [2.05, 4.69) is 0 Å². The summed E-state index contributed by atoms with van der Waals surface area (Å²) >= 11 is 0. The fourth-order valence-electron chi connectivity index (χ4n) is 4.94. The van der Waals surface area contributed by atoms with Crippen LogP contribution in [0.4, 0.5) is 5.69 Å². The second-order valence-electron chi connectivity index (χ2n) is 10.2. The number of benzene rings is 3. The van der Waals surface area contributed by atoms with Gasteiger partial charge in [0.05, 0.1) is 42.4 Å². The van der Waals surface area contributed by atoms with E-state index in [0.29, 0.717) is 29.3 Å². The second kappa shape index (κ2) is 12.2. The summed E-state index contributed by atoms with van der Waals surface area (Å²) in [5.74, 6) is 0.666. The van der Waals surface area contributed by atoms with Gasteiger partial charge in [-0.15, -0.1) is 0 Å². The fourth-order valence-corrected chi connectivity index (χ4v) is 4.94. The fraction of sp³-hybridized carbons (Fsp3) is 0.312. The topological polar surface area (TPSA) is 117 Å². The molecule has 1 aromatic heterocycles. The van der Waals surface area contributed by atoms with E-state index in [1.54, 1.807) is 38.7 Å². The molecule has 0 fully saturated rings. The van der Waals surface area contributed by atoms with Gasteiger partial charge in [-0.1, -0.05) is 45.0 Å². The largest absolute Gasteiger partial charge is 0.497 e. The smallest absolute Gasteiger partial charge is 0.264 e. The number of hydrogen-bond acceptors (Lipinski definition) is 7. The van der Waals surface area contributed by atoms with Gasteiger partial charge in [-0.25, -0.2) is 4.98 Å². The highest BCUT2D eigenvalue weighted by atomic mass is 16.5. The Bertz CT molecular complexity index is 1580. The Kier molecular flexibility index (Phi) is 8.76. The first kappa shape index (κ1) is 29.3. The number of nitrogen functional groups attached to an aromatic ring is 1. The average Bonchev–Trinajstić information content (AvgIpc) is 2.98. The second-order valence-corrected chi connectivity index (χ2v) is 10.2. The normalized spacial score (nSPS) is 11.2. The van der Waals surface area contributed by atoms with E-state index >= 15 is 0 Å². The molecule has 0 unspecified atom stereocenters. The molecule has 0 spiro atoms. The highest BCUT2D eigenvalue weighted by Gasteiger charge is 2.27. The van der Waals surface area contributed by atoms with E-state index in [9.17, 15) is 14.4 Å². The van der Waals surface area contributed by atoms with E-state index in [1.165, 1.54) is 13.1 Å². The maximum Gasteiger partial charge on any atom is 0.264 e. The first-order valence-electron chi connectivity index (χ1n) is 13.6. The molecule has 0 saturated heterocycles. The van der Waals surface area contributed by atoms with Gasteiger partial charge in [0.1, 0.15) is 17.3 Å². The number of carbonyl (C=O) groups excluding carboxylic acids is 2. The van der Waals surface area contributed by atoms with Crippen molar-refractivity contribution >= 4 is 28.4 Å². The zero-order valence-electron chi connectivity index (χ0n) is 24.3. The number of ether oxygens (including phenoxy) is 2. The van der Waals surface area contributed by atoms with E-state index in [0.717, 1.165) is 22.4 Å². The van der Waals surface area contributed by atoms with E-state index in [4.69, 9.17) is 20.2 Å². The van der Waals surface area contributed by atoms with Gasteiger partial charge in [0.25, 0.3) is 11.5 Å². The summed E-state index contributed by atoms with van der Waals surface area (Å²) in [6, 6.07) is 17.6. The molecule has 2 amide bonds. The number of methoxy groups -OCH3 is 2. The van der Waals surface area contributed by atoms with Crippen LogP contribution >= 0.6 is 0 Å². The van der Waals surface area contributed by atoms with Crippen molar-refractivity contribution < 1.29 is 19.1 Å². The molecular formula is C32H36N4O5. The minimum atomic E-state index is -0.575. The molecule has 214 valence electrons. The predicted molar refractivity (Wildman–Crippen MR) is 160 cm³/mol. The molecule has 9 heteroatoms. The SMILES string of the molecule is CCCc1nc2ccc(C(=O)N(C)C(=O)C(C)C)c(N)c2c(=O)n1C(c1ccc(OC)cc1)c1ccc(OC)cc1. The lowest BCUT2D eigenvalue weighted by Crippen LogP contribution is -2.37. The van der Waals surface area contributed by atoms with Crippen LogP contribution in [-0.4, -0.2) is 47.5 Å². The Labute approximate surface area is 239 Å². The number of nitrogens with zero attached hydrogens (tertiary/aromatic N) is 3. The van der Waals surface area contributed by atoms with Gasteiger partial charge in [0.15, 0.2) is 0 Å². The molecule has 2 N–H and O–H groups in total. The van der Waals surface area contributed by atoms with Crippen LogP contribution in [0.5, 0.6) is 11.5 Å². The first-order chi connectivity index (χ1) is 19.6. The lowest BCUT2D eigenvalue weighted by molar-refractivity contribution is -0.130. The number of amides is 2. The van der Waals surface area contributed by atoms with Crippen molar-refractivity contribution in [2.24, 2.45) is 5.92 Å². The van der Waals surface area contributed by atoms with Crippen molar-refractivity contribution in [1.29, 1.82) is 0 Å². The molecule has 4 aromatic rings. The minimum Gasteiger partial charge on any atom is -0.497 e. The molecule has 4 rings (SSSR count). The number of nitrogens with two attached hydrogens (primary N) is 1. The third-order valence-electron chi connectivity index (χ3n) is 7.14. The summed E-state index contributed by atoms with van der Waals surface area (Å²) in [7, 11) is 4.61. The van der Waals surface area contributed by atoms with Crippen LogP contribution in [0.2, 0.25) is 0 Å².